The Labute approximate surface area is 98.4 Å². The molecule has 2 amide bonds. The molecule has 0 unspecified atom stereocenters. The largest absolute Gasteiger partial charge is 0.351 e. The SMILES string of the molecule is NC(=O)N1Cc2[nH]nc(N3C=CC=CC3)c2C1. The zero-order valence-corrected chi connectivity index (χ0v) is 9.26. The number of hydrogen-bond donors (Lipinski definition) is 2. The van der Waals surface area contributed by atoms with Crippen molar-refractivity contribution >= 4 is 11.8 Å². The summed E-state index contributed by atoms with van der Waals surface area (Å²) in [6.45, 7) is 1.85. The number of primary amides is 1. The molecule has 6 nitrogen and oxygen atoms in total. The van der Waals surface area contributed by atoms with Crippen molar-refractivity contribution in [3.8, 4) is 0 Å². The predicted molar refractivity (Wildman–Crippen MR) is 63.0 cm³/mol. The average molecular weight is 231 g/mol. The van der Waals surface area contributed by atoms with Crippen molar-refractivity contribution in [1.29, 1.82) is 0 Å². The van der Waals surface area contributed by atoms with Gasteiger partial charge in [-0.1, -0.05) is 12.2 Å². The third-order valence-electron chi connectivity index (χ3n) is 3.03. The zero-order valence-electron chi connectivity index (χ0n) is 9.26. The number of aromatic amines is 1. The number of fused-ring (bicyclic) bond motifs is 1. The first-order chi connectivity index (χ1) is 8.25. The standard InChI is InChI=1S/C11H13N5O/c12-11(17)16-6-8-9(7-16)13-14-10(8)15-4-2-1-3-5-15/h1-4H,5-7H2,(H2,12,17)(H,13,14). The minimum Gasteiger partial charge on any atom is -0.351 e. The molecular weight excluding hydrogens is 218 g/mol. The molecule has 2 aliphatic heterocycles. The lowest BCUT2D eigenvalue weighted by molar-refractivity contribution is 0.208. The number of allylic oxidation sites excluding steroid dienone is 2. The molecule has 6 heteroatoms. The smallest absolute Gasteiger partial charge is 0.315 e. The van der Waals surface area contributed by atoms with Gasteiger partial charge in [-0.15, -0.1) is 0 Å². The van der Waals surface area contributed by atoms with Crippen molar-refractivity contribution in [3.05, 3.63) is 35.7 Å². The van der Waals surface area contributed by atoms with E-state index in [1.165, 1.54) is 0 Å². The van der Waals surface area contributed by atoms with Crippen LogP contribution in [0, 0.1) is 0 Å². The number of aromatic nitrogens is 2. The molecule has 0 atom stereocenters. The summed E-state index contributed by atoms with van der Waals surface area (Å²) in [6, 6.07) is -0.394. The minimum atomic E-state index is -0.394. The van der Waals surface area contributed by atoms with E-state index in [1.54, 1.807) is 4.90 Å². The first-order valence-corrected chi connectivity index (χ1v) is 5.46. The highest BCUT2D eigenvalue weighted by atomic mass is 16.2. The molecule has 2 aliphatic rings. The summed E-state index contributed by atoms with van der Waals surface area (Å²) in [5.74, 6) is 0.879. The summed E-state index contributed by atoms with van der Waals surface area (Å²) in [6.07, 6.45) is 8.00. The van der Waals surface area contributed by atoms with Crippen LogP contribution in [-0.4, -0.2) is 27.7 Å². The van der Waals surface area contributed by atoms with Gasteiger partial charge in [-0.3, -0.25) is 5.10 Å². The molecule has 0 radical (unpaired) electrons. The monoisotopic (exact) mass is 231 g/mol. The van der Waals surface area contributed by atoms with E-state index in [4.69, 9.17) is 5.73 Å². The van der Waals surface area contributed by atoms with Gasteiger partial charge in [0.15, 0.2) is 5.82 Å². The molecule has 0 aliphatic carbocycles. The fourth-order valence-corrected chi connectivity index (χ4v) is 2.14. The molecule has 0 bridgehead atoms. The maximum absolute atomic E-state index is 11.1. The van der Waals surface area contributed by atoms with Crippen LogP contribution in [0.3, 0.4) is 0 Å². The molecule has 17 heavy (non-hydrogen) atoms. The van der Waals surface area contributed by atoms with Gasteiger partial charge >= 0.3 is 6.03 Å². The second-order valence-electron chi connectivity index (χ2n) is 4.12. The fourth-order valence-electron chi connectivity index (χ4n) is 2.14. The van der Waals surface area contributed by atoms with Gasteiger partial charge in [0.25, 0.3) is 0 Å². The van der Waals surface area contributed by atoms with Gasteiger partial charge in [-0.25, -0.2) is 4.79 Å². The van der Waals surface area contributed by atoms with E-state index in [0.29, 0.717) is 13.1 Å². The Kier molecular flexibility index (Phi) is 2.14. The van der Waals surface area contributed by atoms with Crippen molar-refractivity contribution in [1.82, 2.24) is 15.1 Å². The number of nitrogens with one attached hydrogen (secondary N) is 1. The summed E-state index contributed by atoms with van der Waals surface area (Å²) in [7, 11) is 0. The third kappa shape index (κ3) is 1.57. The quantitative estimate of drug-likeness (QED) is 0.746. The third-order valence-corrected chi connectivity index (χ3v) is 3.03. The lowest BCUT2D eigenvalue weighted by atomic mass is 10.2. The first-order valence-electron chi connectivity index (χ1n) is 5.46. The van der Waals surface area contributed by atoms with E-state index in [2.05, 4.69) is 16.3 Å². The molecule has 0 saturated carbocycles. The maximum atomic E-state index is 11.1. The van der Waals surface area contributed by atoms with Gasteiger partial charge in [0, 0.05) is 18.3 Å². The summed E-state index contributed by atoms with van der Waals surface area (Å²) >= 11 is 0. The molecule has 0 aromatic carbocycles. The Morgan fingerprint density at radius 3 is 3.00 bits per heavy atom. The van der Waals surface area contributed by atoms with Crippen LogP contribution in [0.5, 0.6) is 0 Å². The van der Waals surface area contributed by atoms with E-state index in [-0.39, 0.29) is 0 Å². The van der Waals surface area contributed by atoms with Crippen LogP contribution < -0.4 is 10.6 Å². The number of carbonyl (C=O) groups excluding carboxylic acids is 1. The highest BCUT2D eigenvalue weighted by Crippen LogP contribution is 2.29. The lowest BCUT2D eigenvalue weighted by Crippen LogP contribution is -2.31. The normalized spacial score (nSPS) is 17.6. The number of H-pyrrole nitrogens is 1. The van der Waals surface area contributed by atoms with Crippen LogP contribution in [0.2, 0.25) is 0 Å². The molecule has 0 fully saturated rings. The van der Waals surface area contributed by atoms with Crippen LogP contribution in [0.25, 0.3) is 0 Å². The highest BCUT2D eigenvalue weighted by Gasteiger charge is 2.28. The second kappa shape index (κ2) is 3.65. The van der Waals surface area contributed by atoms with Crippen molar-refractivity contribution in [2.24, 2.45) is 5.73 Å². The molecule has 3 rings (SSSR count). The maximum Gasteiger partial charge on any atom is 0.315 e. The Balaban J connectivity index is 1.88. The highest BCUT2D eigenvalue weighted by molar-refractivity contribution is 5.73. The van der Waals surface area contributed by atoms with E-state index >= 15 is 0 Å². The molecule has 88 valence electrons. The number of nitrogens with two attached hydrogens (primary N) is 1. The number of carbonyl (C=O) groups is 1. The van der Waals surface area contributed by atoms with Gasteiger partial charge in [-0.2, -0.15) is 5.10 Å². The zero-order chi connectivity index (χ0) is 11.8. The van der Waals surface area contributed by atoms with Crippen LogP contribution >= 0.6 is 0 Å². The number of rotatable bonds is 1. The lowest BCUT2D eigenvalue weighted by Gasteiger charge is -2.19. The Bertz CT molecular complexity index is 516. The van der Waals surface area contributed by atoms with Crippen LogP contribution in [0.4, 0.5) is 10.6 Å². The molecule has 0 saturated heterocycles. The molecular formula is C11H13N5O. The van der Waals surface area contributed by atoms with Gasteiger partial charge in [-0.05, 0) is 6.08 Å². The number of urea groups is 1. The molecule has 3 N–H and O–H groups in total. The van der Waals surface area contributed by atoms with E-state index in [1.807, 2.05) is 23.3 Å². The Hall–Kier alpha value is -2.24. The molecule has 1 aromatic rings. The second-order valence-corrected chi connectivity index (χ2v) is 4.12. The predicted octanol–water partition coefficient (Wildman–Crippen LogP) is 0.694. The number of nitrogens with zero attached hydrogens (tertiary/aromatic N) is 3. The summed E-state index contributed by atoms with van der Waals surface area (Å²) in [5.41, 5.74) is 7.31. The van der Waals surface area contributed by atoms with Crippen LogP contribution in [0.15, 0.2) is 24.4 Å². The van der Waals surface area contributed by atoms with Crippen molar-refractivity contribution in [2.75, 3.05) is 11.4 Å². The van der Waals surface area contributed by atoms with E-state index in [0.717, 1.165) is 23.6 Å². The number of hydrogen-bond acceptors (Lipinski definition) is 3. The van der Waals surface area contributed by atoms with Crippen LogP contribution in [-0.2, 0) is 13.1 Å². The van der Waals surface area contributed by atoms with Gasteiger partial charge in [0.2, 0.25) is 0 Å². The summed E-state index contributed by atoms with van der Waals surface area (Å²) in [5, 5.41) is 7.26. The van der Waals surface area contributed by atoms with Crippen molar-refractivity contribution < 1.29 is 4.79 Å². The van der Waals surface area contributed by atoms with Crippen molar-refractivity contribution in [2.45, 2.75) is 13.1 Å². The summed E-state index contributed by atoms with van der Waals surface area (Å²) in [4.78, 5) is 14.8. The van der Waals surface area contributed by atoms with Crippen LogP contribution in [0.1, 0.15) is 11.3 Å². The molecule has 3 heterocycles. The Morgan fingerprint density at radius 1 is 1.41 bits per heavy atom. The van der Waals surface area contributed by atoms with Gasteiger partial charge in [0.05, 0.1) is 18.8 Å². The fraction of sp³-hybridized carbons (Fsp3) is 0.273. The molecule has 1 aromatic heterocycles. The summed E-state index contributed by atoms with van der Waals surface area (Å²) < 4.78 is 0. The Morgan fingerprint density at radius 2 is 2.29 bits per heavy atom. The van der Waals surface area contributed by atoms with E-state index in [9.17, 15) is 4.79 Å². The van der Waals surface area contributed by atoms with E-state index < -0.39 is 6.03 Å². The topological polar surface area (TPSA) is 78.2 Å². The first kappa shape index (κ1) is 9.95. The van der Waals surface area contributed by atoms with Crippen molar-refractivity contribution in [3.63, 3.8) is 0 Å². The number of amides is 2. The minimum absolute atomic E-state index is 0.394. The number of anilines is 1. The molecule has 0 spiro atoms. The average Bonchev–Trinajstić information content (AvgIpc) is 2.89. The van der Waals surface area contributed by atoms with Gasteiger partial charge < -0.3 is 15.5 Å². The van der Waals surface area contributed by atoms with Gasteiger partial charge in [0.1, 0.15) is 0 Å².